The smallest absolute Gasteiger partial charge is 0.324 e. The van der Waals surface area contributed by atoms with Gasteiger partial charge < -0.3 is 4.74 Å². The van der Waals surface area contributed by atoms with Crippen LogP contribution >= 0.6 is 0 Å². The van der Waals surface area contributed by atoms with Crippen LogP contribution in [-0.2, 0) is 33.5 Å². The van der Waals surface area contributed by atoms with Crippen molar-refractivity contribution in [3.05, 3.63) is 0 Å². The lowest BCUT2D eigenvalue weighted by molar-refractivity contribution is -0.164. The van der Waals surface area contributed by atoms with Gasteiger partial charge in [-0.25, -0.2) is 0 Å². The zero-order valence-corrected chi connectivity index (χ0v) is 10.7. The van der Waals surface area contributed by atoms with Crippen LogP contribution in [0, 0.1) is 5.92 Å². The molecule has 0 radical (unpaired) electrons. The Labute approximate surface area is 104 Å². The minimum Gasteiger partial charge on any atom is -0.446 e. The van der Waals surface area contributed by atoms with Crippen molar-refractivity contribution in [1.82, 2.24) is 5.06 Å². The van der Waals surface area contributed by atoms with Crippen molar-refractivity contribution in [2.45, 2.75) is 26.7 Å². The van der Waals surface area contributed by atoms with Gasteiger partial charge in [0, 0.05) is 12.8 Å². The molecule has 0 aliphatic carbocycles. The summed E-state index contributed by atoms with van der Waals surface area (Å²) in [6.45, 7) is 3.06. The fourth-order valence-corrected chi connectivity index (χ4v) is 1.77. The molecule has 9 heteroatoms. The highest BCUT2D eigenvalue weighted by Gasteiger charge is 2.34. The second kappa shape index (κ2) is 5.44. The molecule has 0 aromatic carbocycles. The Morgan fingerprint density at radius 2 is 1.78 bits per heavy atom. The minimum absolute atomic E-state index is 0.0971. The number of ether oxygens (including phenoxy) is 1. The van der Waals surface area contributed by atoms with E-state index in [1.54, 1.807) is 0 Å². The molecule has 8 nitrogen and oxygen atoms in total. The number of imide groups is 1. The number of carbonyl (C=O) groups excluding carboxylic acids is 3. The van der Waals surface area contributed by atoms with E-state index in [-0.39, 0.29) is 17.9 Å². The molecule has 102 valence electrons. The predicted octanol–water partition coefficient (Wildman–Crippen LogP) is -0.447. The number of carbonyl (C=O) groups is 3. The Morgan fingerprint density at radius 3 is 2.22 bits per heavy atom. The number of rotatable bonds is 5. The summed E-state index contributed by atoms with van der Waals surface area (Å²) in [5.41, 5.74) is 0. The van der Waals surface area contributed by atoms with Crippen molar-refractivity contribution in [3.63, 3.8) is 0 Å². The van der Waals surface area contributed by atoms with Crippen LogP contribution in [0.2, 0.25) is 0 Å². The molecule has 1 saturated heterocycles. The Balaban J connectivity index is 2.57. The lowest BCUT2D eigenvalue weighted by Crippen LogP contribution is -2.34. The van der Waals surface area contributed by atoms with Gasteiger partial charge in [-0.2, -0.15) is 8.42 Å². The summed E-state index contributed by atoms with van der Waals surface area (Å²) in [4.78, 5) is 33.3. The lowest BCUT2D eigenvalue weighted by atomic mass is 10.2. The predicted molar refractivity (Wildman–Crippen MR) is 56.9 cm³/mol. The average molecular weight is 279 g/mol. The molecule has 1 heterocycles. The van der Waals surface area contributed by atoms with Crippen LogP contribution < -0.4 is 0 Å². The molecule has 0 spiro atoms. The normalized spacial score (nSPS) is 16.5. The fraction of sp³-hybridized carbons (Fsp3) is 0.667. The van der Waals surface area contributed by atoms with Gasteiger partial charge in [0.25, 0.3) is 11.8 Å². The first-order chi connectivity index (χ1) is 8.23. The number of amides is 2. The van der Waals surface area contributed by atoms with Gasteiger partial charge >= 0.3 is 16.1 Å². The van der Waals surface area contributed by atoms with E-state index in [4.69, 9.17) is 0 Å². The van der Waals surface area contributed by atoms with Crippen LogP contribution in [0.25, 0.3) is 0 Å². The standard InChI is InChI=1S/C9H13NO7S/c1-6(2)9(13)16-5-18(14,15)17-10-7(11)3-4-8(10)12/h6H,3-5H2,1-2H3. The maximum absolute atomic E-state index is 11.4. The average Bonchev–Trinajstić information content (AvgIpc) is 2.57. The van der Waals surface area contributed by atoms with Crippen LogP contribution in [0.5, 0.6) is 0 Å². The third-order valence-electron chi connectivity index (χ3n) is 2.01. The highest BCUT2D eigenvalue weighted by molar-refractivity contribution is 7.86. The van der Waals surface area contributed by atoms with Gasteiger partial charge in [0.05, 0.1) is 5.92 Å². The first-order valence-corrected chi connectivity index (χ1v) is 6.75. The molecule has 1 aliphatic heterocycles. The van der Waals surface area contributed by atoms with E-state index >= 15 is 0 Å². The summed E-state index contributed by atoms with van der Waals surface area (Å²) in [5.74, 6) is -3.73. The summed E-state index contributed by atoms with van der Waals surface area (Å²) in [5, 5.41) is 0.179. The summed E-state index contributed by atoms with van der Waals surface area (Å²) in [6.07, 6.45) is -0.194. The molecule has 0 unspecified atom stereocenters. The Bertz CT molecular complexity index is 451. The second-order valence-corrected chi connectivity index (χ2v) is 5.45. The molecular formula is C9H13NO7S. The molecule has 0 saturated carbocycles. The van der Waals surface area contributed by atoms with E-state index in [2.05, 4.69) is 9.02 Å². The Kier molecular flexibility index (Phi) is 4.41. The van der Waals surface area contributed by atoms with Crippen LogP contribution in [0.3, 0.4) is 0 Å². The molecule has 1 aliphatic rings. The third kappa shape index (κ3) is 3.77. The second-order valence-electron chi connectivity index (χ2n) is 3.95. The van der Waals surface area contributed by atoms with Crippen molar-refractivity contribution in [3.8, 4) is 0 Å². The van der Waals surface area contributed by atoms with Gasteiger partial charge in [-0.1, -0.05) is 13.8 Å². The minimum atomic E-state index is -4.32. The van der Waals surface area contributed by atoms with Crippen molar-refractivity contribution < 1.29 is 31.8 Å². The number of hydrogen-bond donors (Lipinski definition) is 0. The Hall–Kier alpha value is -1.48. The first-order valence-electron chi connectivity index (χ1n) is 5.17. The van der Waals surface area contributed by atoms with Crippen LogP contribution in [0.15, 0.2) is 0 Å². The van der Waals surface area contributed by atoms with Crippen molar-refractivity contribution in [2.75, 3.05) is 5.94 Å². The molecule has 0 bridgehead atoms. The van der Waals surface area contributed by atoms with Gasteiger partial charge in [0.1, 0.15) is 0 Å². The number of nitrogens with zero attached hydrogens (tertiary/aromatic N) is 1. The molecule has 2 amide bonds. The van der Waals surface area contributed by atoms with E-state index in [0.717, 1.165) is 0 Å². The van der Waals surface area contributed by atoms with E-state index < -0.39 is 39.8 Å². The van der Waals surface area contributed by atoms with Crippen molar-refractivity contribution in [2.24, 2.45) is 5.92 Å². The maximum Gasteiger partial charge on any atom is 0.324 e. The molecule has 0 aromatic heterocycles. The van der Waals surface area contributed by atoms with Crippen LogP contribution in [-0.4, -0.2) is 37.2 Å². The zero-order chi connectivity index (χ0) is 13.9. The van der Waals surface area contributed by atoms with Gasteiger partial charge in [0.15, 0.2) is 0 Å². The van der Waals surface area contributed by atoms with Gasteiger partial charge in [0.2, 0.25) is 5.94 Å². The molecule has 1 fully saturated rings. The lowest BCUT2D eigenvalue weighted by Gasteiger charge is -2.13. The number of hydroxylamine groups is 2. The van der Waals surface area contributed by atoms with E-state index in [1.165, 1.54) is 13.8 Å². The van der Waals surface area contributed by atoms with Gasteiger partial charge in [-0.3, -0.25) is 14.4 Å². The van der Waals surface area contributed by atoms with Crippen LogP contribution in [0.1, 0.15) is 26.7 Å². The highest BCUT2D eigenvalue weighted by Crippen LogP contribution is 2.14. The molecule has 1 rings (SSSR count). The van der Waals surface area contributed by atoms with E-state index in [0.29, 0.717) is 0 Å². The summed E-state index contributed by atoms with van der Waals surface area (Å²) in [7, 11) is -4.32. The maximum atomic E-state index is 11.4. The zero-order valence-electron chi connectivity index (χ0n) is 9.91. The molecular weight excluding hydrogens is 266 g/mol. The molecule has 18 heavy (non-hydrogen) atoms. The highest BCUT2D eigenvalue weighted by atomic mass is 32.2. The molecule has 0 aromatic rings. The summed E-state index contributed by atoms with van der Waals surface area (Å²) >= 11 is 0. The SMILES string of the molecule is CC(C)C(=O)OCS(=O)(=O)ON1C(=O)CCC1=O. The van der Waals surface area contributed by atoms with Crippen molar-refractivity contribution in [1.29, 1.82) is 0 Å². The fourth-order valence-electron chi connectivity index (χ4n) is 1.07. The largest absolute Gasteiger partial charge is 0.446 e. The van der Waals surface area contributed by atoms with Crippen molar-refractivity contribution >= 4 is 27.9 Å². The Morgan fingerprint density at radius 1 is 1.28 bits per heavy atom. The van der Waals surface area contributed by atoms with Gasteiger partial charge in [-0.15, -0.1) is 9.35 Å². The number of hydrogen-bond acceptors (Lipinski definition) is 7. The monoisotopic (exact) mass is 279 g/mol. The third-order valence-corrected chi connectivity index (χ3v) is 2.79. The van der Waals surface area contributed by atoms with Crippen LogP contribution in [0.4, 0.5) is 0 Å². The van der Waals surface area contributed by atoms with Gasteiger partial charge in [-0.05, 0) is 0 Å². The summed E-state index contributed by atoms with van der Waals surface area (Å²) < 4.78 is 31.4. The van der Waals surface area contributed by atoms with E-state index in [1.807, 2.05) is 0 Å². The topological polar surface area (TPSA) is 107 Å². The number of esters is 1. The first kappa shape index (κ1) is 14.6. The molecule has 0 N–H and O–H groups in total. The quantitative estimate of drug-likeness (QED) is 0.495. The summed E-state index contributed by atoms with van der Waals surface area (Å²) in [6, 6.07) is 0. The van der Waals surface area contributed by atoms with E-state index in [9.17, 15) is 22.8 Å². The molecule has 0 atom stereocenters.